The summed E-state index contributed by atoms with van der Waals surface area (Å²) in [6.07, 6.45) is 2.02. The third kappa shape index (κ3) is 1.91. The van der Waals surface area contributed by atoms with Gasteiger partial charge in [-0.1, -0.05) is 25.1 Å². The fourth-order valence-electron chi connectivity index (χ4n) is 2.81. The van der Waals surface area contributed by atoms with Gasteiger partial charge in [0.05, 0.1) is 17.5 Å². The third-order valence-electron chi connectivity index (χ3n) is 4.01. The van der Waals surface area contributed by atoms with Gasteiger partial charge in [0.2, 0.25) is 0 Å². The number of hydrogen-bond acceptors (Lipinski definition) is 2. The molecule has 1 heterocycles. The van der Waals surface area contributed by atoms with Crippen LogP contribution in [0.2, 0.25) is 0 Å². The monoisotopic (exact) mass is 228 g/mol. The fraction of sp³-hybridized carbons (Fsp3) is 0.533. The van der Waals surface area contributed by atoms with E-state index in [1.165, 1.54) is 11.3 Å². The first-order valence-electron chi connectivity index (χ1n) is 6.36. The summed E-state index contributed by atoms with van der Waals surface area (Å²) in [6, 6.07) is 11.0. The Labute approximate surface area is 104 Å². The molecular formula is C15H20N2. The summed E-state index contributed by atoms with van der Waals surface area (Å²) < 4.78 is 0. The van der Waals surface area contributed by atoms with E-state index < -0.39 is 0 Å². The number of nitrogens with zero attached hydrogens (tertiary/aromatic N) is 2. The molecule has 1 aliphatic rings. The van der Waals surface area contributed by atoms with Crippen molar-refractivity contribution in [3.05, 3.63) is 29.8 Å². The highest BCUT2D eigenvalue weighted by atomic mass is 15.2. The number of hydrogen-bond donors (Lipinski definition) is 0. The van der Waals surface area contributed by atoms with Gasteiger partial charge in [0.1, 0.15) is 0 Å². The van der Waals surface area contributed by atoms with Crippen LogP contribution in [0.5, 0.6) is 0 Å². The van der Waals surface area contributed by atoms with E-state index in [9.17, 15) is 5.26 Å². The lowest BCUT2D eigenvalue weighted by Crippen LogP contribution is -2.42. The molecule has 90 valence electrons. The Kier molecular flexibility index (Phi) is 3.11. The van der Waals surface area contributed by atoms with Crippen molar-refractivity contribution in [3.63, 3.8) is 0 Å². The molecule has 0 amide bonds. The van der Waals surface area contributed by atoms with Crippen molar-refractivity contribution in [2.75, 3.05) is 11.4 Å². The Morgan fingerprint density at radius 3 is 2.71 bits per heavy atom. The van der Waals surface area contributed by atoms with Gasteiger partial charge in [-0.2, -0.15) is 5.26 Å². The average molecular weight is 228 g/mol. The van der Waals surface area contributed by atoms with Gasteiger partial charge in [-0.3, -0.25) is 0 Å². The zero-order valence-electron chi connectivity index (χ0n) is 10.9. The Balaban J connectivity index is 2.39. The van der Waals surface area contributed by atoms with E-state index in [0.717, 1.165) is 19.4 Å². The molecule has 17 heavy (non-hydrogen) atoms. The SMILES string of the molecule is CCc1ccccc1N1CCC(C#N)C1(C)C. The van der Waals surface area contributed by atoms with E-state index in [2.05, 4.69) is 56.0 Å². The predicted molar refractivity (Wildman–Crippen MR) is 71.0 cm³/mol. The molecule has 0 spiro atoms. The van der Waals surface area contributed by atoms with Crippen LogP contribution in [0.1, 0.15) is 32.8 Å². The van der Waals surface area contributed by atoms with Crippen LogP contribution in [0.15, 0.2) is 24.3 Å². The molecule has 0 N–H and O–H groups in total. The molecule has 0 bridgehead atoms. The summed E-state index contributed by atoms with van der Waals surface area (Å²) in [5.41, 5.74) is 2.62. The summed E-state index contributed by atoms with van der Waals surface area (Å²) >= 11 is 0. The molecule has 1 saturated heterocycles. The number of anilines is 1. The molecule has 2 rings (SSSR count). The standard InChI is InChI=1S/C15H20N2/c1-4-12-7-5-6-8-14(12)17-10-9-13(11-16)15(17,2)3/h5-8,13H,4,9-10H2,1-3H3. The molecule has 2 heteroatoms. The molecular weight excluding hydrogens is 208 g/mol. The molecule has 0 aliphatic carbocycles. The lowest BCUT2D eigenvalue weighted by atomic mass is 9.89. The van der Waals surface area contributed by atoms with Crippen LogP contribution in [-0.4, -0.2) is 12.1 Å². The van der Waals surface area contributed by atoms with Gasteiger partial charge >= 0.3 is 0 Å². The molecule has 0 aromatic heterocycles. The predicted octanol–water partition coefficient (Wildman–Crippen LogP) is 3.38. The Morgan fingerprint density at radius 1 is 1.41 bits per heavy atom. The lowest BCUT2D eigenvalue weighted by Gasteiger charge is -2.36. The van der Waals surface area contributed by atoms with Gasteiger partial charge in [0.15, 0.2) is 0 Å². The maximum atomic E-state index is 9.22. The summed E-state index contributed by atoms with van der Waals surface area (Å²) in [4.78, 5) is 2.40. The molecule has 1 aromatic rings. The fourth-order valence-corrected chi connectivity index (χ4v) is 2.81. The maximum Gasteiger partial charge on any atom is 0.0706 e. The van der Waals surface area contributed by atoms with Crippen molar-refractivity contribution in [1.29, 1.82) is 5.26 Å². The molecule has 1 aliphatic heterocycles. The summed E-state index contributed by atoms with van der Waals surface area (Å²) in [7, 11) is 0. The summed E-state index contributed by atoms with van der Waals surface area (Å²) in [6.45, 7) is 7.53. The van der Waals surface area contributed by atoms with Gasteiger partial charge in [-0.15, -0.1) is 0 Å². The first-order chi connectivity index (χ1) is 8.11. The van der Waals surface area contributed by atoms with E-state index in [0.29, 0.717) is 0 Å². The van der Waals surface area contributed by atoms with Crippen molar-refractivity contribution in [1.82, 2.24) is 0 Å². The molecule has 1 unspecified atom stereocenters. The van der Waals surface area contributed by atoms with E-state index >= 15 is 0 Å². The third-order valence-corrected chi connectivity index (χ3v) is 4.01. The van der Waals surface area contributed by atoms with Crippen molar-refractivity contribution in [3.8, 4) is 6.07 Å². The highest BCUT2D eigenvalue weighted by Crippen LogP contribution is 2.39. The average Bonchev–Trinajstić information content (AvgIpc) is 2.63. The van der Waals surface area contributed by atoms with E-state index in [-0.39, 0.29) is 11.5 Å². The van der Waals surface area contributed by atoms with Crippen molar-refractivity contribution < 1.29 is 0 Å². The summed E-state index contributed by atoms with van der Waals surface area (Å²) in [5, 5.41) is 9.22. The second-order valence-corrected chi connectivity index (χ2v) is 5.26. The largest absolute Gasteiger partial charge is 0.365 e. The normalized spacial score (nSPS) is 22.5. The molecule has 1 atom stereocenters. The Bertz CT molecular complexity index is 442. The quantitative estimate of drug-likeness (QED) is 0.776. The van der Waals surface area contributed by atoms with Gasteiger partial charge in [0.25, 0.3) is 0 Å². The molecule has 0 radical (unpaired) electrons. The van der Waals surface area contributed by atoms with Crippen LogP contribution in [0.25, 0.3) is 0 Å². The number of nitriles is 1. The lowest BCUT2D eigenvalue weighted by molar-refractivity contribution is 0.438. The van der Waals surface area contributed by atoms with Gasteiger partial charge < -0.3 is 4.90 Å². The van der Waals surface area contributed by atoms with Crippen LogP contribution in [-0.2, 0) is 6.42 Å². The van der Waals surface area contributed by atoms with Gasteiger partial charge in [-0.25, -0.2) is 0 Å². The van der Waals surface area contributed by atoms with Gasteiger partial charge in [0, 0.05) is 12.2 Å². The number of aryl methyl sites for hydroxylation is 1. The highest BCUT2D eigenvalue weighted by Gasteiger charge is 2.41. The van der Waals surface area contributed by atoms with E-state index in [4.69, 9.17) is 0 Å². The van der Waals surface area contributed by atoms with Crippen LogP contribution < -0.4 is 4.90 Å². The molecule has 2 nitrogen and oxygen atoms in total. The topological polar surface area (TPSA) is 27.0 Å². The van der Waals surface area contributed by atoms with Crippen LogP contribution >= 0.6 is 0 Å². The van der Waals surface area contributed by atoms with Crippen molar-refractivity contribution in [2.24, 2.45) is 5.92 Å². The van der Waals surface area contributed by atoms with Crippen LogP contribution in [0, 0.1) is 17.2 Å². The van der Waals surface area contributed by atoms with E-state index in [1.54, 1.807) is 0 Å². The zero-order valence-corrected chi connectivity index (χ0v) is 10.9. The van der Waals surface area contributed by atoms with Crippen molar-refractivity contribution in [2.45, 2.75) is 39.2 Å². The first-order valence-corrected chi connectivity index (χ1v) is 6.36. The van der Waals surface area contributed by atoms with Crippen molar-refractivity contribution >= 4 is 5.69 Å². The maximum absolute atomic E-state index is 9.22. The number of benzene rings is 1. The number of rotatable bonds is 2. The Morgan fingerprint density at radius 2 is 2.12 bits per heavy atom. The minimum absolute atomic E-state index is 0.0555. The zero-order chi connectivity index (χ0) is 12.5. The van der Waals surface area contributed by atoms with E-state index in [1.807, 2.05) is 0 Å². The minimum Gasteiger partial charge on any atom is -0.365 e. The summed E-state index contributed by atoms with van der Waals surface area (Å²) in [5.74, 6) is 0.132. The molecule has 0 saturated carbocycles. The first kappa shape index (κ1) is 12.0. The molecule has 1 fully saturated rings. The second-order valence-electron chi connectivity index (χ2n) is 5.26. The highest BCUT2D eigenvalue weighted by molar-refractivity contribution is 5.57. The van der Waals surface area contributed by atoms with Crippen LogP contribution in [0.3, 0.4) is 0 Å². The Hall–Kier alpha value is -1.49. The molecule has 1 aromatic carbocycles. The second kappa shape index (κ2) is 4.41. The number of para-hydroxylation sites is 1. The minimum atomic E-state index is -0.0555. The smallest absolute Gasteiger partial charge is 0.0706 e. The van der Waals surface area contributed by atoms with Crippen LogP contribution in [0.4, 0.5) is 5.69 Å². The van der Waals surface area contributed by atoms with Gasteiger partial charge in [-0.05, 0) is 38.3 Å².